The minimum absolute atomic E-state index is 0.105. The first kappa shape index (κ1) is 17.0. The molecule has 0 aliphatic carbocycles. The number of benzene rings is 2. The van der Waals surface area contributed by atoms with Gasteiger partial charge in [-0.05, 0) is 67.6 Å². The molecule has 0 bridgehead atoms. The van der Waals surface area contributed by atoms with Gasteiger partial charge in [0.05, 0.1) is 10.9 Å². The lowest BCUT2D eigenvalue weighted by Gasteiger charge is -2.25. The lowest BCUT2D eigenvalue weighted by Crippen LogP contribution is -2.30. The maximum absolute atomic E-state index is 13.8. The van der Waals surface area contributed by atoms with Crippen molar-refractivity contribution in [1.29, 1.82) is 0 Å². The Morgan fingerprint density at radius 2 is 1.62 bits per heavy atom. The van der Waals surface area contributed by atoms with Crippen molar-refractivity contribution in [3.05, 3.63) is 64.7 Å². The molecule has 0 unspecified atom stereocenters. The van der Waals surface area contributed by atoms with Crippen molar-refractivity contribution in [1.82, 2.24) is 4.31 Å². The van der Waals surface area contributed by atoms with Crippen molar-refractivity contribution in [2.75, 3.05) is 6.54 Å². The molecule has 0 aromatic heterocycles. The zero-order chi connectivity index (χ0) is 17.5. The summed E-state index contributed by atoms with van der Waals surface area (Å²) >= 11 is 0. The Morgan fingerprint density at radius 3 is 2.21 bits per heavy atom. The van der Waals surface area contributed by atoms with Crippen molar-refractivity contribution in [3.63, 3.8) is 0 Å². The predicted molar refractivity (Wildman–Crippen MR) is 88.1 cm³/mol. The molecule has 3 nitrogen and oxygen atoms in total. The molecule has 2 aromatic rings. The quantitative estimate of drug-likeness (QED) is 0.835. The SMILES string of the molecule is Cc1cc(S(=O)(=O)N2CCC[C@@H]2c2ccc(F)cc2)cc(C)c1F. The highest BCUT2D eigenvalue weighted by molar-refractivity contribution is 7.89. The highest BCUT2D eigenvalue weighted by atomic mass is 32.2. The summed E-state index contributed by atoms with van der Waals surface area (Å²) in [4.78, 5) is 0.105. The monoisotopic (exact) mass is 351 g/mol. The first-order valence-corrected chi connectivity index (χ1v) is 9.29. The van der Waals surface area contributed by atoms with Crippen LogP contribution in [0.15, 0.2) is 41.3 Å². The molecule has 1 saturated heterocycles. The molecule has 1 fully saturated rings. The van der Waals surface area contributed by atoms with Gasteiger partial charge >= 0.3 is 0 Å². The molecule has 0 radical (unpaired) electrons. The van der Waals surface area contributed by atoms with Gasteiger partial charge in [-0.15, -0.1) is 0 Å². The second-order valence-corrected chi connectivity index (χ2v) is 8.09. The van der Waals surface area contributed by atoms with Crippen LogP contribution in [0.4, 0.5) is 8.78 Å². The van der Waals surface area contributed by atoms with Gasteiger partial charge in [-0.1, -0.05) is 12.1 Å². The molecule has 24 heavy (non-hydrogen) atoms. The number of nitrogens with zero attached hydrogens (tertiary/aromatic N) is 1. The summed E-state index contributed by atoms with van der Waals surface area (Å²) in [5.74, 6) is -0.735. The van der Waals surface area contributed by atoms with E-state index in [-0.39, 0.29) is 22.6 Å². The molecule has 1 aliphatic rings. The topological polar surface area (TPSA) is 37.4 Å². The van der Waals surface area contributed by atoms with Gasteiger partial charge in [0.25, 0.3) is 0 Å². The molecule has 2 aromatic carbocycles. The standard InChI is InChI=1S/C18H19F2NO2S/c1-12-10-16(11-13(2)18(12)20)24(22,23)21-9-3-4-17(21)14-5-7-15(19)8-6-14/h5-8,10-11,17H,3-4,9H2,1-2H3/t17-/m1/s1. The molecule has 6 heteroatoms. The summed E-state index contributed by atoms with van der Waals surface area (Å²) in [6.45, 7) is 3.52. The second-order valence-electron chi connectivity index (χ2n) is 6.20. The number of rotatable bonds is 3. The molecule has 0 N–H and O–H groups in total. The Morgan fingerprint density at radius 1 is 1.04 bits per heavy atom. The highest BCUT2D eigenvalue weighted by Gasteiger charge is 2.36. The van der Waals surface area contributed by atoms with Gasteiger partial charge in [-0.3, -0.25) is 0 Å². The second kappa shape index (κ2) is 6.26. The summed E-state index contributed by atoms with van der Waals surface area (Å²) in [6, 6.07) is 8.34. The largest absolute Gasteiger partial charge is 0.243 e. The van der Waals surface area contributed by atoms with E-state index in [1.54, 1.807) is 26.0 Å². The average Bonchev–Trinajstić information content (AvgIpc) is 3.03. The summed E-state index contributed by atoms with van der Waals surface area (Å²) < 4.78 is 54.4. The Labute approximate surface area is 141 Å². The summed E-state index contributed by atoms with van der Waals surface area (Å²) in [5.41, 5.74) is 1.39. The fourth-order valence-electron chi connectivity index (χ4n) is 3.24. The van der Waals surface area contributed by atoms with Gasteiger partial charge < -0.3 is 0 Å². The van der Waals surface area contributed by atoms with Crippen molar-refractivity contribution < 1.29 is 17.2 Å². The summed E-state index contributed by atoms with van der Waals surface area (Å²) in [7, 11) is -3.73. The number of sulfonamides is 1. The Bertz CT molecular complexity index is 840. The lowest BCUT2D eigenvalue weighted by atomic mass is 10.1. The van der Waals surface area contributed by atoms with Gasteiger partial charge in [0, 0.05) is 6.54 Å². The zero-order valence-electron chi connectivity index (χ0n) is 13.6. The molecule has 0 amide bonds. The minimum Gasteiger partial charge on any atom is -0.207 e. The molecule has 1 heterocycles. The van der Waals surface area contributed by atoms with E-state index in [9.17, 15) is 17.2 Å². The van der Waals surface area contributed by atoms with Crippen LogP contribution in [0.2, 0.25) is 0 Å². The number of hydrogen-bond acceptors (Lipinski definition) is 2. The van der Waals surface area contributed by atoms with Gasteiger partial charge in [-0.25, -0.2) is 17.2 Å². The van der Waals surface area contributed by atoms with Crippen molar-refractivity contribution in [2.24, 2.45) is 0 Å². The first-order valence-electron chi connectivity index (χ1n) is 7.85. The average molecular weight is 351 g/mol. The summed E-state index contributed by atoms with van der Waals surface area (Å²) in [6.07, 6.45) is 1.42. The van der Waals surface area contributed by atoms with Crippen LogP contribution in [-0.4, -0.2) is 19.3 Å². The van der Waals surface area contributed by atoms with Crippen LogP contribution in [0, 0.1) is 25.5 Å². The molecule has 0 spiro atoms. The fourth-order valence-corrected chi connectivity index (χ4v) is 5.09. The van der Waals surface area contributed by atoms with E-state index < -0.39 is 10.0 Å². The normalized spacial score (nSPS) is 18.9. The van der Waals surface area contributed by atoms with Gasteiger partial charge in [-0.2, -0.15) is 4.31 Å². The fraction of sp³-hybridized carbons (Fsp3) is 0.333. The molecule has 0 saturated carbocycles. The molecule has 128 valence electrons. The third-order valence-electron chi connectivity index (χ3n) is 4.48. The Hall–Kier alpha value is -1.79. The van der Waals surface area contributed by atoms with E-state index in [0.717, 1.165) is 12.0 Å². The highest BCUT2D eigenvalue weighted by Crippen LogP contribution is 2.37. The summed E-state index contributed by atoms with van der Waals surface area (Å²) in [5, 5.41) is 0. The van der Waals surface area contributed by atoms with E-state index in [1.165, 1.54) is 28.6 Å². The predicted octanol–water partition coefficient (Wildman–Crippen LogP) is 4.11. The van der Waals surface area contributed by atoms with E-state index in [2.05, 4.69) is 0 Å². The van der Waals surface area contributed by atoms with Gasteiger partial charge in [0.1, 0.15) is 11.6 Å². The van der Waals surface area contributed by atoms with Crippen LogP contribution >= 0.6 is 0 Å². The van der Waals surface area contributed by atoms with Crippen LogP contribution in [-0.2, 0) is 10.0 Å². The number of halogens is 2. The van der Waals surface area contributed by atoms with Crippen LogP contribution in [0.3, 0.4) is 0 Å². The van der Waals surface area contributed by atoms with E-state index in [0.29, 0.717) is 24.1 Å². The van der Waals surface area contributed by atoms with Crippen LogP contribution in [0.1, 0.15) is 35.6 Å². The molecular weight excluding hydrogens is 332 g/mol. The first-order chi connectivity index (χ1) is 11.3. The Kier molecular flexibility index (Phi) is 4.44. The van der Waals surface area contributed by atoms with Crippen molar-refractivity contribution >= 4 is 10.0 Å². The van der Waals surface area contributed by atoms with E-state index in [4.69, 9.17) is 0 Å². The lowest BCUT2D eigenvalue weighted by molar-refractivity contribution is 0.396. The molecule has 1 atom stereocenters. The Balaban J connectivity index is 2.01. The third kappa shape index (κ3) is 2.96. The van der Waals surface area contributed by atoms with E-state index in [1.807, 2.05) is 0 Å². The van der Waals surface area contributed by atoms with Crippen LogP contribution < -0.4 is 0 Å². The number of aryl methyl sites for hydroxylation is 2. The van der Waals surface area contributed by atoms with Gasteiger partial charge in [0.2, 0.25) is 10.0 Å². The van der Waals surface area contributed by atoms with E-state index >= 15 is 0 Å². The maximum Gasteiger partial charge on any atom is 0.243 e. The van der Waals surface area contributed by atoms with Crippen LogP contribution in [0.25, 0.3) is 0 Å². The van der Waals surface area contributed by atoms with Crippen molar-refractivity contribution in [3.8, 4) is 0 Å². The van der Waals surface area contributed by atoms with Gasteiger partial charge in [0.15, 0.2) is 0 Å². The molecule has 3 rings (SSSR count). The third-order valence-corrected chi connectivity index (χ3v) is 6.36. The molecular formula is C18H19F2NO2S. The maximum atomic E-state index is 13.8. The number of hydrogen-bond donors (Lipinski definition) is 0. The van der Waals surface area contributed by atoms with Crippen LogP contribution in [0.5, 0.6) is 0 Å². The minimum atomic E-state index is -3.73. The van der Waals surface area contributed by atoms with Crippen molar-refractivity contribution in [2.45, 2.75) is 37.6 Å². The zero-order valence-corrected chi connectivity index (χ0v) is 14.4. The molecule has 1 aliphatic heterocycles. The smallest absolute Gasteiger partial charge is 0.207 e.